The number of amides is 1. The number of hydrogen-bond acceptors (Lipinski definition) is 6. The summed E-state index contributed by atoms with van der Waals surface area (Å²) in [5, 5.41) is 0. The van der Waals surface area contributed by atoms with Crippen LogP contribution in [0, 0.1) is 5.82 Å². The number of benzene rings is 2. The molecule has 0 radical (unpaired) electrons. The number of nitrogens with zero attached hydrogens (tertiary/aromatic N) is 4. The van der Waals surface area contributed by atoms with E-state index in [0.29, 0.717) is 42.6 Å². The van der Waals surface area contributed by atoms with E-state index in [-0.39, 0.29) is 17.8 Å². The lowest BCUT2D eigenvalue weighted by atomic mass is 10.1. The molecule has 0 N–H and O–H groups in total. The van der Waals surface area contributed by atoms with Crippen LogP contribution in [0.5, 0.6) is 17.4 Å². The molecule has 7 nitrogen and oxygen atoms in total. The van der Waals surface area contributed by atoms with Gasteiger partial charge in [0.2, 0.25) is 5.88 Å². The van der Waals surface area contributed by atoms with Gasteiger partial charge in [-0.15, -0.1) is 0 Å². The largest absolute Gasteiger partial charge is 0.497 e. The van der Waals surface area contributed by atoms with E-state index in [0.717, 1.165) is 5.75 Å². The van der Waals surface area contributed by atoms with Crippen LogP contribution in [0.3, 0.4) is 0 Å². The molecule has 2 heterocycles. The summed E-state index contributed by atoms with van der Waals surface area (Å²) in [6, 6.07) is 14.7. The second kappa shape index (κ2) is 8.99. The van der Waals surface area contributed by atoms with Crippen LogP contribution in [0.1, 0.15) is 17.3 Å². The normalized spacial score (nSPS) is 16.2. The van der Waals surface area contributed by atoms with Crippen molar-refractivity contribution in [3.63, 3.8) is 0 Å². The number of rotatable bonds is 5. The number of anilines is 1. The summed E-state index contributed by atoms with van der Waals surface area (Å²) in [6.45, 7) is 3.83. The molecule has 1 aliphatic heterocycles. The SMILES string of the molecule is COc1ccc(C(=O)N2CCN(c3cc(Oc4cccc(F)c4)ncn3)C[C@H]2C)cc1. The molecule has 160 valence electrons. The van der Waals surface area contributed by atoms with Crippen LogP contribution >= 0.6 is 0 Å². The Kier molecular flexibility index (Phi) is 5.97. The smallest absolute Gasteiger partial charge is 0.254 e. The van der Waals surface area contributed by atoms with Crippen molar-refractivity contribution in [3.8, 4) is 17.4 Å². The monoisotopic (exact) mass is 422 g/mol. The van der Waals surface area contributed by atoms with E-state index in [1.54, 1.807) is 49.6 Å². The minimum Gasteiger partial charge on any atom is -0.497 e. The summed E-state index contributed by atoms with van der Waals surface area (Å²) in [7, 11) is 1.60. The molecule has 1 aliphatic rings. The van der Waals surface area contributed by atoms with Crippen molar-refractivity contribution < 1.29 is 18.7 Å². The molecule has 1 saturated heterocycles. The molecule has 1 aromatic heterocycles. The standard InChI is InChI=1S/C23H23FN4O3/c1-16-14-27(10-11-28(16)23(29)17-6-8-19(30-2)9-7-17)21-13-22(26-15-25-21)31-20-5-3-4-18(24)12-20/h3-9,12-13,15-16H,10-11,14H2,1-2H3/t16-/m1/s1. The van der Waals surface area contributed by atoms with E-state index < -0.39 is 0 Å². The number of ether oxygens (including phenoxy) is 2. The Morgan fingerprint density at radius 3 is 2.58 bits per heavy atom. The van der Waals surface area contributed by atoms with Gasteiger partial charge in [-0.1, -0.05) is 6.07 Å². The first kappa shape index (κ1) is 20.6. The molecule has 0 unspecified atom stereocenters. The molecule has 31 heavy (non-hydrogen) atoms. The lowest BCUT2D eigenvalue weighted by Gasteiger charge is -2.40. The van der Waals surface area contributed by atoms with Gasteiger partial charge in [-0.2, -0.15) is 0 Å². The number of carbonyl (C=O) groups excluding carboxylic acids is 1. The van der Waals surface area contributed by atoms with Gasteiger partial charge in [-0.05, 0) is 43.3 Å². The summed E-state index contributed by atoms with van der Waals surface area (Å²) in [5.41, 5.74) is 0.633. The maximum Gasteiger partial charge on any atom is 0.254 e. The fourth-order valence-corrected chi connectivity index (χ4v) is 3.58. The summed E-state index contributed by atoms with van der Waals surface area (Å²) in [4.78, 5) is 25.3. The molecule has 1 atom stereocenters. The molecule has 1 amide bonds. The number of halogens is 1. The second-order valence-corrected chi connectivity index (χ2v) is 7.30. The molecule has 1 fully saturated rings. The van der Waals surface area contributed by atoms with Gasteiger partial charge in [-0.25, -0.2) is 14.4 Å². The summed E-state index contributed by atoms with van der Waals surface area (Å²) in [5.74, 6) is 1.73. The van der Waals surface area contributed by atoms with Gasteiger partial charge < -0.3 is 19.3 Å². The van der Waals surface area contributed by atoms with Crippen LogP contribution in [0.15, 0.2) is 60.9 Å². The zero-order valence-electron chi connectivity index (χ0n) is 17.4. The maximum atomic E-state index is 13.4. The molecule has 8 heteroatoms. The highest BCUT2D eigenvalue weighted by molar-refractivity contribution is 5.94. The average molecular weight is 422 g/mol. The van der Waals surface area contributed by atoms with Crippen molar-refractivity contribution in [1.82, 2.24) is 14.9 Å². The van der Waals surface area contributed by atoms with E-state index in [2.05, 4.69) is 14.9 Å². The number of piperazine rings is 1. The topological polar surface area (TPSA) is 67.8 Å². The van der Waals surface area contributed by atoms with Crippen molar-refractivity contribution in [2.24, 2.45) is 0 Å². The predicted octanol–water partition coefficient (Wildman–Crippen LogP) is 3.77. The summed E-state index contributed by atoms with van der Waals surface area (Å²) < 4.78 is 24.2. The maximum absolute atomic E-state index is 13.4. The van der Waals surface area contributed by atoms with Crippen LogP contribution in [-0.4, -0.2) is 53.6 Å². The molecule has 2 aromatic carbocycles. The molecule has 0 bridgehead atoms. The Balaban J connectivity index is 1.43. The highest BCUT2D eigenvalue weighted by Gasteiger charge is 2.29. The minimum atomic E-state index is -0.377. The number of hydrogen-bond donors (Lipinski definition) is 0. The van der Waals surface area contributed by atoms with Crippen molar-refractivity contribution in [3.05, 3.63) is 72.3 Å². The van der Waals surface area contributed by atoms with Crippen molar-refractivity contribution in [2.45, 2.75) is 13.0 Å². The van der Waals surface area contributed by atoms with Gasteiger partial charge in [0.1, 0.15) is 29.5 Å². The first-order valence-electron chi connectivity index (χ1n) is 9.99. The van der Waals surface area contributed by atoms with Gasteiger partial charge in [0, 0.05) is 43.4 Å². The Morgan fingerprint density at radius 1 is 1.06 bits per heavy atom. The lowest BCUT2D eigenvalue weighted by Crippen LogP contribution is -2.54. The zero-order valence-corrected chi connectivity index (χ0v) is 17.4. The van der Waals surface area contributed by atoms with Gasteiger partial charge in [0.05, 0.1) is 7.11 Å². The van der Waals surface area contributed by atoms with Crippen LogP contribution < -0.4 is 14.4 Å². The van der Waals surface area contributed by atoms with Gasteiger partial charge in [-0.3, -0.25) is 4.79 Å². The Morgan fingerprint density at radius 2 is 1.87 bits per heavy atom. The highest BCUT2D eigenvalue weighted by Crippen LogP contribution is 2.25. The Labute approximate surface area is 180 Å². The van der Waals surface area contributed by atoms with Crippen molar-refractivity contribution >= 4 is 11.7 Å². The Hall–Kier alpha value is -3.68. The average Bonchev–Trinajstić information content (AvgIpc) is 2.79. The summed E-state index contributed by atoms with van der Waals surface area (Å²) >= 11 is 0. The molecular weight excluding hydrogens is 399 g/mol. The fraction of sp³-hybridized carbons (Fsp3) is 0.261. The van der Waals surface area contributed by atoms with Crippen molar-refractivity contribution in [1.29, 1.82) is 0 Å². The van der Waals surface area contributed by atoms with E-state index >= 15 is 0 Å². The van der Waals surface area contributed by atoms with Crippen LogP contribution in [-0.2, 0) is 0 Å². The third-order valence-electron chi connectivity index (χ3n) is 5.20. The quantitative estimate of drug-likeness (QED) is 0.624. The second-order valence-electron chi connectivity index (χ2n) is 7.30. The third kappa shape index (κ3) is 4.74. The fourth-order valence-electron chi connectivity index (χ4n) is 3.58. The third-order valence-corrected chi connectivity index (χ3v) is 5.20. The van der Waals surface area contributed by atoms with Crippen LogP contribution in [0.2, 0.25) is 0 Å². The van der Waals surface area contributed by atoms with Crippen LogP contribution in [0.25, 0.3) is 0 Å². The molecule has 0 aliphatic carbocycles. The van der Waals surface area contributed by atoms with Gasteiger partial charge in [0.25, 0.3) is 5.91 Å². The first-order valence-corrected chi connectivity index (χ1v) is 9.99. The minimum absolute atomic E-state index is 0.00684. The lowest BCUT2D eigenvalue weighted by molar-refractivity contribution is 0.0673. The van der Waals surface area contributed by atoms with E-state index in [4.69, 9.17) is 9.47 Å². The van der Waals surface area contributed by atoms with Gasteiger partial charge in [0.15, 0.2) is 0 Å². The van der Waals surface area contributed by atoms with Crippen LogP contribution in [0.4, 0.5) is 10.2 Å². The van der Waals surface area contributed by atoms with Gasteiger partial charge >= 0.3 is 0 Å². The Bertz CT molecular complexity index is 1060. The van der Waals surface area contributed by atoms with E-state index in [9.17, 15) is 9.18 Å². The molecule has 4 rings (SSSR count). The molecule has 3 aromatic rings. The predicted molar refractivity (Wildman–Crippen MR) is 114 cm³/mol. The highest BCUT2D eigenvalue weighted by atomic mass is 19.1. The molecule has 0 spiro atoms. The van der Waals surface area contributed by atoms with E-state index in [1.807, 2.05) is 11.8 Å². The number of carbonyl (C=O) groups is 1. The number of aromatic nitrogens is 2. The zero-order chi connectivity index (χ0) is 21.8. The molecule has 0 saturated carbocycles. The van der Waals surface area contributed by atoms with Crippen molar-refractivity contribution in [2.75, 3.05) is 31.6 Å². The molecular formula is C23H23FN4O3. The summed E-state index contributed by atoms with van der Waals surface area (Å²) in [6.07, 6.45) is 1.42. The van der Waals surface area contributed by atoms with E-state index in [1.165, 1.54) is 18.5 Å². The first-order chi connectivity index (χ1) is 15.0. The number of methoxy groups -OCH3 is 1.